The molecule has 2 aromatic rings. The van der Waals surface area contributed by atoms with Gasteiger partial charge in [-0.05, 0) is 43.0 Å². The number of sulfone groups is 1. The molecule has 1 heterocycles. The van der Waals surface area contributed by atoms with Gasteiger partial charge in [0.25, 0.3) is 0 Å². The lowest BCUT2D eigenvalue weighted by Crippen LogP contribution is -2.42. The summed E-state index contributed by atoms with van der Waals surface area (Å²) in [7, 11) is -3.04. The van der Waals surface area contributed by atoms with Gasteiger partial charge in [-0.2, -0.15) is 0 Å². The second-order valence-electron chi connectivity index (χ2n) is 8.17. The van der Waals surface area contributed by atoms with Crippen LogP contribution in [0.4, 0.5) is 0 Å². The van der Waals surface area contributed by atoms with Crippen LogP contribution in [0.25, 0.3) is 0 Å². The molecule has 2 atom stereocenters. The lowest BCUT2D eigenvalue weighted by atomic mass is 10.1. The van der Waals surface area contributed by atoms with E-state index in [1.54, 1.807) is 24.3 Å². The normalized spacial score (nSPS) is 18.8. The van der Waals surface area contributed by atoms with Gasteiger partial charge in [-0.3, -0.25) is 9.69 Å². The minimum Gasteiger partial charge on any atom is -0.490 e. The number of carbonyl (C=O) groups excluding carboxylic acids is 1. The highest BCUT2D eigenvalue weighted by Crippen LogP contribution is 2.22. The van der Waals surface area contributed by atoms with E-state index < -0.39 is 15.9 Å². The van der Waals surface area contributed by atoms with Gasteiger partial charge in [-0.1, -0.05) is 43.3 Å². The molecule has 1 N–H and O–H groups in total. The first-order chi connectivity index (χ1) is 14.8. The molecular formula is C24H31NO5S. The van der Waals surface area contributed by atoms with Gasteiger partial charge in [0.2, 0.25) is 0 Å². The molecule has 0 aromatic heterocycles. The number of Topliss-reactive ketones (excluding diaryl/α,β-unsaturated/α-hetero) is 1. The first-order valence-electron chi connectivity index (χ1n) is 10.7. The van der Waals surface area contributed by atoms with E-state index in [4.69, 9.17) is 4.74 Å². The van der Waals surface area contributed by atoms with Crippen molar-refractivity contribution in [2.75, 3.05) is 24.7 Å². The molecule has 1 aliphatic heterocycles. The molecule has 0 aliphatic carbocycles. The van der Waals surface area contributed by atoms with E-state index in [9.17, 15) is 18.3 Å². The molecule has 1 fully saturated rings. The van der Waals surface area contributed by atoms with E-state index in [2.05, 4.69) is 31.2 Å². The van der Waals surface area contributed by atoms with E-state index in [0.29, 0.717) is 24.3 Å². The Morgan fingerprint density at radius 3 is 2.45 bits per heavy atom. The van der Waals surface area contributed by atoms with E-state index in [1.165, 1.54) is 12.5 Å². The number of nitrogens with zero attached hydrogens (tertiary/aromatic N) is 1. The Labute approximate surface area is 184 Å². The van der Waals surface area contributed by atoms with E-state index in [1.807, 2.05) is 4.90 Å². The Balaban J connectivity index is 1.68. The summed E-state index contributed by atoms with van der Waals surface area (Å²) in [5, 5.41) is 10.7. The molecule has 0 amide bonds. The molecule has 0 spiro atoms. The summed E-state index contributed by atoms with van der Waals surface area (Å²) in [6.45, 7) is 4.45. The van der Waals surface area contributed by atoms with Gasteiger partial charge >= 0.3 is 0 Å². The smallest absolute Gasteiger partial charge is 0.163 e. The molecule has 0 bridgehead atoms. The van der Waals surface area contributed by atoms with Crippen molar-refractivity contribution in [3.05, 3.63) is 65.2 Å². The highest BCUT2D eigenvalue weighted by Gasteiger charge is 2.33. The molecule has 2 unspecified atom stereocenters. The van der Waals surface area contributed by atoms with Crippen LogP contribution < -0.4 is 4.74 Å². The van der Waals surface area contributed by atoms with Gasteiger partial charge in [-0.25, -0.2) is 8.42 Å². The molecule has 1 aliphatic rings. The molecule has 2 aromatic carbocycles. The van der Waals surface area contributed by atoms with E-state index in [0.717, 1.165) is 12.0 Å². The first-order valence-corrected chi connectivity index (χ1v) is 12.5. The van der Waals surface area contributed by atoms with Crippen LogP contribution in [-0.2, 0) is 22.8 Å². The van der Waals surface area contributed by atoms with Crippen molar-refractivity contribution in [3.63, 3.8) is 0 Å². The minimum absolute atomic E-state index is 0.0229. The Kier molecular flexibility index (Phi) is 7.86. The summed E-state index contributed by atoms with van der Waals surface area (Å²) in [5.41, 5.74) is 2.80. The fraction of sp³-hybridized carbons (Fsp3) is 0.458. The first kappa shape index (κ1) is 23.4. The number of rotatable bonds is 10. The van der Waals surface area contributed by atoms with Crippen LogP contribution in [0.1, 0.15) is 41.8 Å². The van der Waals surface area contributed by atoms with Crippen molar-refractivity contribution in [1.82, 2.24) is 4.90 Å². The lowest BCUT2D eigenvalue weighted by Gasteiger charge is -2.30. The maximum Gasteiger partial charge on any atom is 0.163 e. The summed E-state index contributed by atoms with van der Waals surface area (Å²) in [4.78, 5) is 13.8. The molecule has 6 nitrogen and oxygen atoms in total. The average molecular weight is 446 g/mol. The van der Waals surface area contributed by atoms with Crippen LogP contribution in [0.3, 0.4) is 0 Å². The fourth-order valence-electron chi connectivity index (χ4n) is 3.91. The number of aliphatic hydroxyl groups is 1. The molecular weight excluding hydrogens is 414 g/mol. The van der Waals surface area contributed by atoms with Gasteiger partial charge < -0.3 is 9.84 Å². The van der Waals surface area contributed by atoms with Crippen molar-refractivity contribution in [2.45, 2.75) is 45.4 Å². The summed E-state index contributed by atoms with van der Waals surface area (Å²) in [6.07, 6.45) is 0.705. The highest BCUT2D eigenvalue weighted by molar-refractivity contribution is 7.91. The zero-order chi connectivity index (χ0) is 22.4. The number of carbonyl (C=O) groups is 1. The fourth-order valence-corrected chi connectivity index (χ4v) is 5.68. The number of aliphatic hydroxyl groups excluding tert-OH is 1. The molecule has 0 radical (unpaired) electrons. The standard InChI is InChI=1S/C24H31NO5S/c1-3-19-8-10-20(11-9-19)14-25(21-12-13-31(28,29)17-21)15-22(27)16-30-24-7-5-4-6-23(24)18(2)26/h4-11,21-22,27H,3,12-17H2,1-2H3. The monoisotopic (exact) mass is 445 g/mol. The van der Waals surface area contributed by atoms with Crippen LogP contribution in [0.2, 0.25) is 0 Å². The maximum absolute atomic E-state index is 12.0. The quantitative estimate of drug-likeness (QED) is 0.566. The number of para-hydroxylation sites is 1. The largest absolute Gasteiger partial charge is 0.490 e. The van der Waals surface area contributed by atoms with Crippen LogP contribution in [0, 0.1) is 0 Å². The van der Waals surface area contributed by atoms with Crippen molar-refractivity contribution >= 4 is 15.6 Å². The minimum atomic E-state index is -3.04. The average Bonchev–Trinajstić information content (AvgIpc) is 3.12. The zero-order valence-electron chi connectivity index (χ0n) is 18.2. The molecule has 0 saturated carbocycles. The molecule has 168 valence electrons. The summed E-state index contributed by atoms with van der Waals surface area (Å²) >= 11 is 0. The topological polar surface area (TPSA) is 83.9 Å². The Hall–Kier alpha value is -2.22. The third kappa shape index (κ3) is 6.63. The summed E-state index contributed by atoms with van der Waals surface area (Å²) < 4.78 is 29.8. The van der Waals surface area contributed by atoms with Crippen molar-refractivity contribution in [3.8, 4) is 5.75 Å². The SMILES string of the molecule is CCc1ccc(CN(CC(O)COc2ccccc2C(C)=O)C2CCS(=O)(=O)C2)cc1. The maximum atomic E-state index is 12.0. The van der Waals surface area contributed by atoms with Gasteiger partial charge in [-0.15, -0.1) is 0 Å². The number of benzene rings is 2. The molecule has 3 rings (SSSR count). The third-order valence-electron chi connectivity index (χ3n) is 5.68. The highest BCUT2D eigenvalue weighted by atomic mass is 32.2. The van der Waals surface area contributed by atoms with Gasteiger partial charge in [0, 0.05) is 19.1 Å². The van der Waals surface area contributed by atoms with Crippen LogP contribution in [0.5, 0.6) is 5.75 Å². The Bertz CT molecular complexity index is 987. The van der Waals surface area contributed by atoms with Gasteiger partial charge in [0.15, 0.2) is 15.6 Å². The van der Waals surface area contributed by atoms with Gasteiger partial charge in [0.1, 0.15) is 18.5 Å². The van der Waals surface area contributed by atoms with Crippen LogP contribution in [0.15, 0.2) is 48.5 Å². The van der Waals surface area contributed by atoms with Crippen molar-refractivity contribution in [2.24, 2.45) is 0 Å². The number of hydrogen-bond donors (Lipinski definition) is 1. The van der Waals surface area contributed by atoms with Crippen molar-refractivity contribution in [1.29, 1.82) is 0 Å². The lowest BCUT2D eigenvalue weighted by molar-refractivity contribution is 0.0520. The van der Waals surface area contributed by atoms with Crippen LogP contribution >= 0.6 is 0 Å². The number of ether oxygens (including phenoxy) is 1. The predicted molar refractivity (Wildman–Crippen MR) is 121 cm³/mol. The molecule has 7 heteroatoms. The van der Waals surface area contributed by atoms with E-state index >= 15 is 0 Å². The molecule has 1 saturated heterocycles. The summed E-state index contributed by atoms with van der Waals surface area (Å²) in [6, 6.07) is 15.1. The Morgan fingerprint density at radius 1 is 1.16 bits per heavy atom. The molecule has 31 heavy (non-hydrogen) atoms. The van der Waals surface area contributed by atoms with E-state index in [-0.39, 0.29) is 36.5 Å². The Morgan fingerprint density at radius 2 is 1.84 bits per heavy atom. The second kappa shape index (κ2) is 10.4. The number of ketones is 1. The second-order valence-corrected chi connectivity index (χ2v) is 10.4. The summed E-state index contributed by atoms with van der Waals surface area (Å²) in [5.74, 6) is 0.639. The number of hydrogen-bond acceptors (Lipinski definition) is 6. The zero-order valence-corrected chi connectivity index (χ0v) is 19.0. The van der Waals surface area contributed by atoms with Crippen LogP contribution in [-0.4, -0.2) is 61.0 Å². The van der Waals surface area contributed by atoms with Crippen molar-refractivity contribution < 1.29 is 23.1 Å². The third-order valence-corrected chi connectivity index (χ3v) is 7.43. The number of aryl methyl sites for hydroxylation is 1. The predicted octanol–water partition coefficient (Wildman–Crippen LogP) is 2.88. The van der Waals surface area contributed by atoms with Gasteiger partial charge in [0.05, 0.1) is 17.1 Å².